The van der Waals surface area contributed by atoms with Crippen LogP contribution in [-0.2, 0) is 50.6 Å². The lowest BCUT2D eigenvalue weighted by Gasteiger charge is -2.34. The predicted molar refractivity (Wildman–Crippen MR) is 160 cm³/mol. The number of hydrogen-bond acceptors (Lipinski definition) is 8. The topological polar surface area (TPSA) is 122 Å². The molecule has 7 rings (SSSR count). The quantitative estimate of drug-likeness (QED) is 0.296. The molecule has 0 aliphatic carbocycles. The number of nitrogens with zero attached hydrogens (tertiary/aromatic N) is 4. The van der Waals surface area contributed by atoms with Crippen molar-refractivity contribution in [2.45, 2.75) is 44.4 Å². The minimum absolute atomic E-state index is 0.0167. The molecule has 0 bridgehead atoms. The van der Waals surface area contributed by atoms with Gasteiger partial charge in [0.15, 0.2) is 5.60 Å². The van der Waals surface area contributed by atoms with Crippen molar-refractivity contribution < 1.29 is 23.1 Å². The summed E-state index contributed by atoms with van der Waals surface area (Å²) in [5.41, 5.74) is 3.16. The predicted octanol–water partition coefficient (Wildman–Crippen LogP) is 2.73. The normalized spacial score (nSPS) is 20.5. The highest BCUT2D eigenvalue weighted by atomic mass is 32.2. The first kappa shape index (κ1) is 27.9. The average molecular weight is 601 g/mol. The molecule has 1 fully saturated rings. The fraction of sp³-hybridized carbons (Fsp3) is 0.344. The minimum Gasteiger partial charge on any atom is -0.458 e. The number of pyridine rings is 2. The van der Waals surface area contributed by atoms with E-state index in [4.69, 9.17) is 9.72 Å². The summed E-state index contributed by atoms with van der Waals surface area (Å²) in [6, 6.07) is 18.8. The maximum Gasteiger partial charge on any atom is 0.343 e. The maximum absolute atomic E-state index is 13.7. The third-order valence-electron chi connectivity index (χ3n) is 9.01. The Kier molecular flexibility index (Phi) is 6.73. The van der Waals surface area contributed by atoms with Crippen molar-refractivity contribution in [2.24, 2.45) is 0 Å². The first-order chi connectivity index (χ1) is 20.7. The highest BCUT2D eigenvalue weighted by molar-refractivity contribution is 7.88. The minimum atomic E-state index is -3.44. The van der Waals surface area contributed by atoms with Gasteiger partial charge >= 0.3 is 5.97 Å². The molecule has 43 heavy (non-hydrogen) atoms. The second-order valence-electron chi connectivity index (χ2n) is 11.5. The van der Waals surface area contributed by atoms with Crippen LogP contribution in [0.4, 0.5) is 0 Å². The highest BCUT2D eigenvalue weighted by Gasteiger charge is 2.45. The van der Waals surface area contributed by atoms with Gasteiger partial charge in [0.2, 0.25) is 10.0 Å². The summed E-state index contributed by atoms with van der Waals surface area (Å²) in [4.78, 5) is 33.5. The molecule has 0 spiro atoms. The molecule has 0 saturated carbocycles. The molecule has 0 amide bonds. The SMILES string of the molecule is CC[C@@]1(O)C(=O)OCc2c1cc1n(c2=O)Cc2c-1nc1ccccc1c2CN1CCN(S(=O)(=O)Cc2ccccc2)CC1. The van der Waals surface area contributed by atoms with Crippen molar-refractivity contribution in [3.8, 4) is 11.4 Å². The number of sulfonamides is 1. The molecule has 1 saturated heterocycles. The van der Waals surface area contributed by atoms with Crippen LogP contribution in [0.15, 0.2) is 65.5 Å². The number of cyclic esters (lactones) is 1. The number of fused-ring (bicyclic) bond motifs is 5. The smallest absolute Gasteiger partial charge is 0.343 e. The number of benzene rings is 2. The number of para-hydroxylation sites is 1. The van der Waals surface area contributed by atoms with E-state index in [0.717, 1.165) is 27.6 Å². The molecule has 4 aromatic rings. The summed E-state index contributed by atoms with van der Waals surface area (Å²) in [7, 11) is -3.44. The van der Waals surface area contributed by atoms with Crippen LogP contribution in [0.2, 0.25) is 0 Å². The van der Waals surface area contributed by atoms with Crippen LogP contribution in [0, 0.1) is 0 Å². The van der Waals surface area contributed by atoms with Gasteiger partial charge in [-0.1, -0.05) is 55.5 Å². The maximum atomic E-state index is 13.7. The zero-order chi connectivity index (χ0) is 29.9. The van der Waals surface area contributed by atoms with E-state index >= 15 is 0 Å². The molecule has 0 radical (unpaired) electrons. The number of aromatic nitrogens is 2. The fourth-order valence-electron chi connectivity index (χ4n) is 6.56. The Morgan fingerprint density at radius 3 is 2.44 bits per heavy atom. The Hall–Kier alpha value is -3.90. The Balaban J connectivity index is 1.21. The summed E-state index contributed by atoms with van der Waals surface area (Å²) in [5, 5.41) is 12.2. The zero-order valence-electron chi connectivity index (χ0n) is 23.8. The molecule has 1 atom stereocenters. The second-order valence-corrected chi connectivity index (χ2v) is 13.4. The van der Waals surface area contributed by atoms with Crippen molar-refractivity contribution in [1.29, 1.82) is 0 Å². The summed E-state index contributed by atoms with van der Waals surface area (Å²) in [6.45, 7) is 4.34. The van der Waals surface area contributed by atoms with Gasteiger partial charge in [-0.05, 0) is 29.7 Å². The number of carbonyl (C=O) groups is 1. The molecule has 2 aromatic heterocycles. The Morgan fingerprint density at radius 2 is 1.70 bits per heavy atom. The van der Waals surface area contributed by atoms with Crippen LogP contribution < -0.4 is 5.56 Å². The van der Waals surface area contributed by atoms with Crippen molar-refractivity contribution in [3.05, 3.63) is 98.8 Å². The first-order valence-electron chi connectivity index (χ1n) is 14.5. The van der Waals surface area contributed by atoms with Gasteiger partial charge in [0.25, 0.3) is 5.56 Å². The van der Waals surface area contributed by atoms with Gasteiger partial charge in [0.05, 0.1) is 34.8 Å². The van der Waals surface area contributed by atoms with Crippen molar-refractivity contribution in [2.75, 3.05) is 26.2 Å². The lowest BCUT2D eigenvalue weighted by Crippen LogP contribution is -2.48. The van der Waals surface area contributed by atoms with E-state index in [9.17, 15) is 23.1 Å². The molecule has 3 aliphatic rings. The molecule has 1 N–H and O–H groups in total. The van der Waals surface area contributed by atoms with Gasteiger partial charge in [-0.15, -0.1) is 0 Å². The highest BCUT2D eigenvalue weighted by Crippen LogP contribution is 2.40. The molecular weight excluding hydrogens is 568 g/mol. The van der Waals surface area contributed by atoms with Crippen LogP contribution in [-0.4, -0.2) is 64.4 Å². The van der Waals surface area contributed by atoms with Crippen LogP contribution in [0.1, 0.15) is 41.2 Å². The number of piperazine rings is 1. The van der Waals surface area contributed by atoms with Crippen molar-refractivity contribution in [1.82, 2.24) is 18.8 Å². The third kappa shape index (κ3) is 4.58. The van der Waals surface area contributed by atoms with Crippen LogP contribution >= 0.6 is 0 Å². The van der Waals surface area contributed by atoms with Gasteiger partial charge < -0.3 is 14.4 Å². The summed E-state index contributed by atoms with van der Waals surface area (Å²) in [6.07, 6.45) is 0.0814. The number of ether oxygens (including phenoxy) is 1. The second kappa shape index (κ2) is 10.4. The number of carbonyl (C=O) groups excluding carboxylic acids is 1. The summed E-state index contributed by atoms with van der Waals surface area (Å²) < 4.78 is 34.7. The molecule has 11 heteroatoms. The molecular formula is C32H32N4O6S. The van der Waals surface area contributed by atoms with E-state index in [1.165, 1.54) is 0 Å². The fourth-order valence-corrected chi connectivity index (χ4v) is 8.07. The molecule has 2 aromatic carbocycles. The summed E-state index contributed by atoms with van der Waals surface area (Å²) in [5.74, 6) is -0.765. The van der Waals surface area contributed by atoms with E-state index in [2.05, 4.69) is 4.90 Å². The van der Waals surface area contributed by atoms with Gasteiger partial charge in [0, 0.05) is 49.2 Å². The largest absolute Gasteiger partial charge is 0.458 e. The van der Waals surface area contributed by atoms with Gasteiger partial charge in [-0.3, -0.25) is 9.69 Å². The van der Waals surface area contributed by atoms with Gasteiger partial charge in [0.1, 0.15) is 6.61 Å². The number of rotatable bonds is 6. The van der Waals surface area contributed by atoms with E-state index in [0.29, 0.717) is 61.8 Å². The third-order valence-corrected chi connectivity index (χ3v) is 10.9. The summed E-state index contributed by atoms with van der Waals surface area (Å²) >= 11 is 0. The molecule has 0 unspecified atom stereocenters. The monoisotopic (exact) mass is 600 g/mol. The number of esters is 1. The van der Waals surface area contributed by atoms with Gasteiger partial charge in [-0.25, -0.2) is 18.2 Å². The van der Waals surface area contributed by atoms with Crippen LogP contribution in [0.25, 0.3) is 22.3 Å². The van der Waals surface area contributed by atoms with E-state index in [1.807, 2.05) is 54.6 Å². The molecule has 5 heterocycles. The van der Waals surface area contributed by atoms with Crippen molar-refractivity contribution >= 4 is 26.9 Å². The number of aliphatic hydroxyl groups is 1. The van der Waals surface area contributed by atoms with E-state index in [1.54, 1.807) is 21.9 Å². The Bertz CT molecular complexity index is 1930. The van der Waals surface area contributed by atoms with Crippen LogP contribution in [0.5, 0.6) is 0 Å². The standard InChI is InChI=1S/C32H32N4O6S/c1-2-32(39)26-16-28-29-24(18-36(28)30(37)25(26)19-42-31(32)38)23(22-10-6-7-11-27(22)33-29)17-34-12-14-35(15-13-34)43(40,41)20-21-8-4-3-5-9-21/h3-11,16,39H,2,12-15,17-20H2,1H3/t32-/m0/s1. The zero-order valence-corrected chi connectivity index (χ0v) is 24.6. The Labute approximate surface area is 249 Å². The lowest BCUT2D eigenvalue weighted by atomic mass is 9.86. The first-order valence-corrected chi connectivity index (χ1v) is 16.1. The van der Waals surface area contributed by atoms with Gasteiger partial charge in [-0.2, -0.15) is 4.31 Å². The molecule has 3 aliphatic heterocycles. The molecule has 10 nitrogen and oxygen atoms in total. The lowest BCUT2D eigenvalue weighted by molar-refractivity contribution is -0.172. The molecule has 222 valence electrons. The number of hydrogen-bond donors (Lipinski definition) is 1. The van der Waals surface area contributed by atoms with E-state index < -0.39 is 21.6 Å². The Morgan fingerprint density at radius 1 is 0.977 bits per heavy atom. The van der Waals surface area contributed by atoms with E-state index in [-0.39, 0.29) is 24.3 Å². The van der Waals surface area contributed by atoms with Crippen molar-refractivity contribution in [3.63, 3.8) is 0 Å². The average Bonchev–Trinajstić information content (AvgIpc) is 3.38. The van der Waals surface area contributed by atoms with Crippen LogP contribution in [0.3, 0.4) is 0 Å².